The second kappa shape index (κ2) is 9.83. The third-order valence-electron chi connectivity index (χ3n) is 5.09. The number of aromatic nitrogens is 1. The number of para-hydroxylation sites is 1. The first kappa shape index (κ1) is 21.2. The monoisotopic (exact) mass is 427 g/mol. The Hall–Kier alpha value is -4.06. The van der Waals surface area contributed by atoms with Gasteiger partial charge >= 0.3 is 0 Å². The molecule has 2 N–H and O–H groups in total. The summed E-state index contributed by atoms with van der Waals surface area (Å²) in [5, 5.41) is 6.54. The Labute approximate surface area is 186 Å². The molecule has 0 unspecified atom stereocenters. The molecule has 4 rings (SSSR count). The normalized spacial score (nSPS) is 10.7. The summed E-state index contributed by atoms with van der Waals surface area (Å²) in [6.07, 6.45) is 1.90. The van der Waals surface area contributed by atoms with E-state index < -0.39 is 0 Å². The van der Waals surface area contributed by atoms with E-state index in [-0.39, 0.29) is 18.4 Å². The minimum Gasteiger partial charge on any atom is -0.484 e. The number of nitrogens with zero attached hydrogens (tertiary/aromatic N) is 1. The fourth-order valence-corrected chi connectivity index (χ4v) is 3.57. The molecule has 0 saturated carbocycles. The van der Waals surface area contributed by atoms with Gasteiger partial charge in [0.1, 0.15) is 5.75 Å². The maximum absolute atomic E-state index is 13.1. The summed E-state index contributed by atoms with van der Waals surface area (Å²) in [6, 6.07) is 25.0. The number of likely N-dealkylation sites (N-methyl/N-ethyl adjacent to an activating group) is 1. The number of hydrogen-bond acceptors (Lipinski definition) is 3. The Balaban J connectivity index is 1.49. The van der Waals surface area contributed by atoms with Crippen LogP contribution in [0, 0.1) is 0 Å². The van der Waals surface area contributed by atoms with Gasteiger partial charge in [0.15, 0.2) is 6.61 Å². The number of amides is 2. The number of ether oxygens (including phenoxy) is 1. The molecule has 0 saturated heterocycles. The van der Waals surface area contributed by atoms with Crippen molar-refractivity contribution in [1.82, 2.24) is 9.88 Å². The highest BCUT2D eigenvalue weighted by Gasteiger charge is 2.15. The molecule has 6 heteroatoms. The Morgan fingerprint density at radius 2 is 1.62 bits per heavy atom. The molecule has 0 bridgehead atoms. The molecule has 1 aromatic heterocycles. The zero-order valence-electron chi connectivity index (χ0n) is 17.9. The SMILES string of the molecule is CCNC(=O)COc1ccc(NC(=O)c2cn(Cc3ccccc3)c3ccccc23)cc1. The van der Waals surface area contributed by atoms with Crippen LogP contribution in [0.3, 0.4) is 0 Å². The molecule has 2 amide bonds. The molecular weight excluding hydrogens is 402 g/mol. The van der Waals surface area contributed by atoms with Gasteiger partial charge in [-0.25, -0.2) is 0 Å². The van der Waals surface area contributed by atoms with Gasteiger partial charge in [0.2, 0.25) is 0 Å². The summed E-state index contributed by atoms with van der Waals surface area (Å²) in [5.41, 5.74) is 3.45. The standard InChI is InChI=1S/C26H25N3O3/c1-2-27-25(30)18-32-21-14-12-20(13-15-21)28-26(31)23-17-29(16-19-8-4-3-5-9-19)24-11-7-6-10-22(23)24/h3-15,17H,2,16,18H2,1H3,(H,27,30)(H,28,31). The third-order valence-corrected chi connectivity index (χ3v) is 5.09. The van der Waals surface area contributed by atoms with Gasteiger partial charge in [-0.05, 0) is 42.8 Å². The topological polar surface area (TPSA) is 72.4 Å². The number of benzene rings is 3. The zero-order valence-corrected chi connectivity index (χ0v) is 17.9. The summed E-state index contributed by atoms with van der Waals surface area (Å²) in [5.74, 6) is 0.217. The van der Waals surface area contributed by atoms with Crippen LogP contribution in [0.25, 0.3) is 10.9 Å². The molecule has 0 aliphatic carbocycles. The molecule has 0 fully saturated rings. The predicted octanol–water partition coefficient (Wildman–Crippen LogP) is 4.46. The number of fused-ring (bicyclic) bond motifs is 1. The molecule has 0 aliphatic heterocycles. The molecule has 0 radical (unpaired) electrons. The van der Waals surface area contributed by atoms with E-state index in [1.807, 2.05) is 55.6 Å². The van der Waals surface area contributed by atoms with Crippen LogP contribution in [0.1, 0.15) is 22.8 Å². The third kappa shape index (κ3) is 4.98. The van der Waals surface area contributed by atoms with Crippen molar-refractivity contribution >= 4 is 28.4 Å². The second-order valence-electron chi connectivity index (χ2n) is 7.39. The quantitative estimate of drug-likeness (QED) is 0.436. The number of carbonyl (C=O) groups is 2. The van der Waals surface area contributed by atoms with Crippen LogP contribution in [0.5, 0.6) is 5.75 Å². The zero-order chi connectivity index (χ0) is 22.3. The Kier molecular flexibility index (Phi) is 6.51. The van der Waals surface area contributed by atoms with Crippen molar-refractivity contribution in [2.24, 2.45) is 0 Å². The summed E-state index contributed by atoms with van der Waals surface area (Å²) in [6.45, 7) is 3.07. The minimum absolute atomic E-state index is 0.0412. The molecule has 0 spiro atoms. The highest BCUT2D eigenvalue weighted by molar-refractivity contribution is 6.13. The van der Waals surface area contributed by atoms with Crippen LogP contribution < -0.4 is 15.4 Å². The van der Waals surface area contributed by atoms with Crippen LogP contribution >= 0.6 is 0 Å². The van der Waals surface area contributed by atoms with Gasteiger partial charge in [-0.2, -0.15) is 0 Å². The van der Waals surface area contributed by atoms with Crippen LogP contribution in [0.4, 0.5) is 5.69 Å². The van der Waals surface area contributed by atoms with Gasteiger partial charge < -0.3 is 19.9 Å². The average molecular weight is 428 g/mol. The maximum atomic E-state index is 13.1. The summed E-state index contributed by atoms with van der Waals surface area (Å²) < 4.78 is 7.55. The van der Waals surface area contributed by atoms with E-state index in [4.69, 9.17) is 4.74 Å². The highest BCUT2D eigenvalue weighted by atomic mass is 16.5. The molecule has 32 heavy (non-hydrogen) atoms. The lowest BCUT2D eigenvalue weighted by molar-refractivity contribution is -0.122. The van der Waals surface area contributed by atoms with Crippen molar-refractivity contribution in [1.29, 1.82) is 0 Å². The minimum atomic E-state index is -0.177. The van der Waals surface area contributed by atoms with Crippen LogP contribution in [-0.4, -0.2) is 29.5 Å². The molecular formula is C26H25N3O3. The van der Waals surface area contributed by atoms with Gasteiger partial charge in [-0.1, -0.05) is 48.5 Å². The smallest absolute Gasteiger partial charge is 0.257 e. The fraction of sp³-hybridized carbons (Fsp3) is 0.154. The number of rotatable bonds is 8. The predicted molar refractivity (Wildman–Crippen MR) is 126 cm³/mol. The average Bonchev–Trinajstić information content (AvgIpc) is 3.18. The molecule has 0 aliphatic rings. The lowest BCUT2D eigenvalue weighted by Crippen LogP contribution is -2.28. The number of anilines is 1. The maximum Gasteiger partial charge on any atom is 0.257 e. The van der Waals surface area contributed by atoms with Crippen molar-refractivity contribution < 1.29 is 14.3 Å². The second-order valence-corrected chi connectivity index (χ2v) is 7.39. The van der Waals surface area contributed by atoms with Crippen molar-refractivity contribution in [3.63, 3.8) is 0 Å². The van der Waals surface area contributed by atoms with E-state index in [0.717, 1.165) is 10.9 Å². The summed E-state index contributed by atoms with van der Waals surface area (Å²) in [4.78, 5) is 24.6. The van der Waals surface area contributed by atoms with Crippen LogP contribution in [0.2, 0.25) is 0 Å². The first-order valence-corrected chi connectivity index (χ1v) is 10.6. The van der Waals surface area contributed by atoms with Gasteiger partial charge in [0, 0.05) is 35.9 Å². The van der Waals surface area contributed by atoms with Crippen molar-refractivity contribution in [2.45, 2.75) is 13.5 Å². The van der Waals surface area contributed by atoms with Crippen LogP contribution in [-0.2, 0) is 11.3 Å². The van der Waals surface area contributed by atoms with Gasteiger partial charge in [-0.3, -0.25) is 9.59 Å². The molecule has 6 nitrogen and oxygen atoms in total. The Morgan fingerprint density at radius 1 is 0.906 bits per heavy atom. The lowest BCUT2D eigenvalue weighted by Gasteiger charge is -2.08. The van der Waals surface area contributed by atoms with Gasteiger partial charge in [0.05, 0.1) is 5.56 Å². The van der Waals surface area contributed by atoms with E-state index in [2.05, 4.69) is 27.3 Å². The summed E-state index contributed by atoms with van der Waals surface area (Å²) >= 11 is 0. The van der Waals surface area contributed by atoms with E-state index in [9.17, 15) is 9.59 Å². The highest BCUT2D eigenvalue weighted by Crippen LogP contribution is 2.24. The van der Waals surface area contributed by atoms with Crippen molar-refractivity contribution in [3.05, 3.63) is 96.2 Å². The summed E-state index contributed by atoms with van der Waals surface area (Å²) in [7, 11) is 0. The molecule has 4 aromatic rings. The van der Waals surface area contributed by atoms with E-state index >= 15 is 0 Å². The number of hydrogen-bond donors (Lipinski definition) is 2. The van der Waals surface area contributed by atoms with E-state index in [1.54, 1.807) is 24.3 Å². The van der Waals surface area contributed by atoms with E-state index in [0.29, 0.717) is 30.1 Å². The van der Waals surface area contributed by atoms with E-state index in [1.165, 1.54) is 5.56 Å². The largest absolute Gasteiger partial charge is 0.484 e. The molecule has 1 heterocycles. The van der Waals surface area contributed by atoms with Gasteiger partial charge in [0.25, 0.3) is 11.8 Å². The lowest BCUT2D eigenvalue weighted by atomic mass is 10.1. The van der Waals surface area contributed by atoms with Gasteiger partial charge in [-0.15, -0.1) is 0 Å². The molecule has 3 aromatic carbocycles. The van der Waals surface area contributed by atoms with Crippen molar-refractivity contribution in [2.75, 3.05) is 18.5 Å². The fourth-order valence-electron chi connectivity index (χ4n) is 3.57. The first-order chi connectivity index (χ1) is 15.6. The Morgan fingerprint density at radius 3 is 2.38 bits per heavy atom. The Bertz CT molecular complexity index is 1210. The number of nitrogens with one attached hydrogen (secondary N) is 2. The molecule has 0 atom stereocenters. The number of carbonyl (C=O) groups excluding carboxylic acids is 2. The van der Waals surface area contributed by atoms with Crippen LogP contribution in [0.15, 0.2) is 85.1 Å². The molecule has 162 valence electrons. The first-order valence-electron chi connectivity index (χ1n) is 10.6. The van der Waals surface area contributed by atoms with Crippen molar-refractivity contribution in [3.8, 4) is 5.75 Å².